The molecule has 0 aliphatic heterocycles. The van der Waals surface area contributed by atoms with Gasteiger partial charge < -0.3 is 19.9 Å². The third-order valence-electron chi connectivity index (χ3n) is 4.87. The lowest BCUT2D eigenvalue weighted by molar-refractivity contribution is 0.0527. The van der Waals surface area contributed by atoms with E-state index < -0.39 is 5.97 Å². The number of hydrogen-bond acceptors (Lipinski definition) is 6. The zero-order chi connectivity index (χ0) is 22.1. The Bertz CT molecular complexity index is 1340. The number of hydrogen-bond donors (Lipinski definition) is 2. The standard InChI is InChI=1S/C21H20ClN5O3S/c1-3-29-20(28)19-12(2)26(14-6-4-5-13(22)9-14)17-8-7-15(10-16(17)19)30-11-18-24-25-21(31)27(18)23/h4-10H,3,11,23H2,1-2H3,(H,25,31). The van der Waals surface area contributed by atoms with E-state index in [2.05, 4.69) is 10.2 Å². The number of carbonyl (C=O) groups excluding carboxylic acids is 1. The van der Waals surface area contributed by atoms with Crippen LogP contribution >= 0.6 is 23.8 Å². The maximum atomic E-state index is 12.8. The number of ether oxygens (including phenoxy) is 2. The first-order valence-corrected chi connectivity index (χ1v) is 10.3. The number of nitrogen functional groups attached to an aromatic ring is 1. The molecule has 8 nitrogen and oxygen atoms in total. The normalized spacial score (nSPS) is 11.1. The van der Waals surface area contributed by atoms with Crippen LogP contribution < -0.4 is 10.6 Å². The Morgan fingerprint density at radius 3 is 2.77 bits per heavy atom. The number of rotatable bonds is 6. The number of halogens is 1. The lowest BCUT2D eigenvalue weighted by Crippen LogP contribution is -2.14. The van der Waals surface area contributed by atoms with Crippen LogP contribution in [0.25, 0.3) is 16.6 Å². The number of H-pyrrole nitrogens is 1. The van der Waals surface area contributed by atoms with Gasteiger partial charge in [-0.25, -0.2) is 9.47 Å². The van der Waals surface area contributed by atoms with E-state index in [-0.39, 0.29) is 13.2 Å². The summed E-state index contributed by atoms with van der Waals surface area (Å²) in [4.78, 5) is 12.8. The molecule has 2 aromatic heterocycles. The van der Waals surface area contributed by atoms with Gasteiger partial charge >= 0.3 is 5.97 Å². The molecule has 4 rings (SSSR count). The van der Waals surface area contributed by atoms with Crippen LogP contribution in [0.4, 0.5) is 0 Å². The van der Waals surface area contributed by atoms with Gasteiger partial charge in [0.25, 0.3) is 0 Å². The molecule has 160 valence electrons. The van der Waals surface area contributed by atoms with E-state index in [9.17, 15) is 4.79 Å². The van der Waals surface area contributed by atoms with Gasteiger partial charge in [-0.2, -0.15) is 5.10 Å². The summed E-state index contributed by atoms with van der Waals surface area (Å²) < 4.78 is 14.7. The van der Waals surface area contributed by atoms with Crippen LogP contribution in [-0.4, -0.2) is 32.0 Å². The average molecular weight is 458 g/mol. The first-order chi connectivity index (χ1) is 14.9. The number of nitrogens with one attached hydrogen (secondary N) is 1. The third-order valence-corrected chi connectivity index (χ3v) is 5.39. The van der Waals surface area contributed by atoms with Crippen LogP contribution in [0.2, 0.25) is 5.02 Å². The summed E-state index contributed by atoms with van der Waals surface area (Å²) in [7, 11) is 0. The van der Waals surface area contributed by atoms with E-state index in [0.717, 1.165) is 16.9 Å². The summed E-state index contributed by atoms with van der Waals surface area (Å²) in [5, 5.41) is 7.96. The second-order valence-electron chi connectivity index (χ2n) is 6.78. The number of nitrogens with zero attached hydrogens (tertiary/aromatic N) is 3. The Kier molecular flexibility index (Phi) is 5.71. The predicted molar refractivity (Wildman–Crippen MR) is 121 cm³/mol. The van der Waals surface area contributed by atoms with Crippen molar-refractivity contribution in [2.24, 2.45) is 0 Å². The third kappa shape index (κ3) is 3.89. The Hall–Kier alpha value is -3.30. The Balaban J connectivity index is 1.81. The number of carbonyl (C=O) groups is 1. The van der Waals surface area contributed by atoms with Crippen LogP contribution in [0.3, 0.4) is 0 Å². The molecule has 0 bridgehead atoms. The molecular formula is C21H20ClN5O3S. The predicted octanol–water partition coefficient (Wildman–Crippen LogP) is 4.32. The number of nitrogens with two attached hydrogens (primary N) is 1. The molecule has 0 fully saturated rings. The molecule has 0 radical (unpaired) electrons. The molecule has 31 heavy (non-hydrogen) atoms. The monoisotopic (exact) mass is 457 g/mol. The summed E-state index contributed by atoms with van der Waals surface area (Å²) in [5.74, 6) is 6.42. The van der Waals surface area contributed by atoms with Crippen molar-refractivity contribution in [1.82, 2.24) is 19.4 Å². The highest BCUT2D eigenvalue weighted by Gasteiger charge is 2.22. The molecule has 10 heteroatoms. The Morgan fingerprint density at radius 1 is 1.29 bits per heavy atom. The van der Waals surface area contributed by atoms with Crippen molar-refractivity contribution in [2.45, 2.75) is 20.5 Å². The zero-order valence-corrected chi connectivity index (χ0v) is 18.5. The van der Waals surface area contributed by atoms with E-state index in [1.165, 1.54) is 4.68 Å². The summed E-state index contributed by atoms with van der Waals surface area (Å²) in [5.41, 5.74) is 2.90. The van der Waals surface area contributed by atoms with Gasteiger partial charge in [-0.05, 0) is 62.5 Å². The first kappa shape index (κ1) is 21.0. The van der Waals surface area contributed by atoms with Gasteiger partial charge in [0.1, 0.15) is 12.4 Å². The fourth-order valence-corrected chi connectivity index (χ4v) is 3.82. The highest BCUT2D eigenvalue weighted by Crippen LogP contribution is 2.33. The molecule has 0 atom stereocenters. The minimum Gasteiger partial charge on any atom is -0.486 e. The number of aromatic nitrogens is 4. The summed E-state index contributed by atoms with van der Waals surface area (Å²) >= 11 is 11.2. The summed E-state index contributed by atoms with van der Waals surface area (Å²) in [6.45, 7) is 4.03. The number of aromatic amines is 1. The van der Waals surface area contributed by atoms with E-state index >= 15 is 0 Å². The molecule has 3 N–H and O–H groups in total. The number of benzene rings is 2. The van der Waals surface area contributed by atoms with Gasteiger partial charge in [-0.3, -0.25) is 5.10 Å². The second-order valence-corrected chi connectivity index (χ2v) is 7.60. The van der Waals surface area contributed by atoms with E-state index in [1.54, 1.807) is 19.1 Å². The number of esters is 1. The quantitative estimate of drug-likeness (QED) is 0.254. The molecular weight excluding hydrogens is 438 g/mol. The van der Waals surface area contributed by atoms with E-state index in [4.69, 9.17) is 39.1 Å². The summed E-state index contributed by atoms with van der Waals surface area (Å²) in [6.07, 6.45) is 0. The fraction of sp³-hybridized carbons (Fsp3) is 0.190. The van der Waals surface area contributed by atoms with Gasteiger partial charge in [0.15, 0.2) is 5.82 Å². The second kappa shape index (κ2) is 8.44. The fourth-order valence-electron chi connectivity index (χ4n) is 3.48. The molecule has 0 amide bonds. The van der Waals surface area contributed by atoms with E-state index in [0.29, 0.717) is 32.3 Å². The molecule has 2 heterocycles. The smallest absolute Gasteiger partial charge is 0.340 e. The molecule has 0 aliphatic carbocycles. The van der Waals surface area contributed by atoms with Crippen molar-refractivity contribution in [3.8, 4) is 11.4 Å². The molecule has 0 saturated heterocycles. The maximum Gasteiger partial charge on any atom is 0.340 e. The van der Waals surface area contributed by atoms with Gasteiger partial charge in [0, 0.05) is 21.8 Å². The van der Waals surface area contributed by atoms with Crippen molar-refractivity contribution in [3.05, 3.63) is 69.3 Å². The SMILES string of the molecule is CCOC(=O)c1c(C)n(-c2cccc(Cl)c2)c2ccc(OCc3n[nH]c(=S)n3N)cc12. The van der Waals surface area contributed by atoms with Crippen LogP contribution in [0.15, 0.2) is 42.5 Å². The Labute approximate surface area is 188 Å². The Morgan fingerprint density at radius 2 is 2.10 bits per heavy atom. The van der Waals surface area contributed by atoms with Crippen molar-refractivity contribution in [2.75, 3.05) is 12.4 Å². The topological polar surface area (TPSA) is 100 Å². The molecule has 0 aliphatic rings. The number of fused-ring (bicyclic) bond motifs is 1. The van der Waals surface area contributed by atoms with Gasteiger partial charge in [0.2, 0.25) is 4.77 Å². The molecule has 0 saturated carbocycles. The van der Waals surface area contributed by atoms with Crippen LogP contribution in [0.5, 0.6) is 5.75 Å². The van der Waals surface area contributed by atoms with Crippen molar-refractivity contribution >= 4 is 40.7 Å². The van der Waals surface area contributed by atoms with Crippen molar-refractivity contribution in [3.63, 3.8) is 0 Å². The lowest BCUT2D eigenvalue weighted by Gasteiger charge is -2.10. The molecule has 0 spiro atoms. The van der Waals surface area contributed by atoms with Gasteiger partial charge in [-0.15, -0.1) is 0 Å². The minimum atomic E-state index is -0.397. The lowest BCUT2D eigenvalue weighted by atomic mass is 10.1. The van der Waals surface area contributed by atoms with Crippen molar-refractivity contribution < 1.29 is 14.3 Å². The minimum absolute atomic E-state index is 0.109. The van der Waals surface area contributed by atoms with Crippen LogP contribution in [0, 0.1) is 11.7 Å². The van der Waals surface area contributed by atoms with Crippen LogP contribution in [0.1, 0.15) is 28.8 Å². The highest BCUT2D eigenvalue weighted by atomic mass is 35.5. The van der Waals surface area contributed by atoms with Crippen molar-refractivity contribution in [1.29, 1.82) is 0 Å². The molecule has 2 aromatic carbocycles. The van der Waals surface area contributed by atoms with Gasteiger partial charge in [0.05, 0.1) is 17.7 Å². The average Bonchev–Trinajstić information content (AvgIpc) is 3.22. The van der Waals surface area contributed by atoms with E-state index in [1.807, 2.05) is 41.8 Å². The highest BCUT2D eigenvalue weighted by molar-refractivity contribution is 7.71. The van der Waals surface area contributed by atoms with Crippen LogP contribution in [-0.2, 0) is 11.3 Å². The zero-order valence-electron chi connectivity index (χ0n) is 16.9. The van der Waals surface area contributed by atoms with Gasteiger partial charge in [-0.1, -0.05) is 17.7 Å². The summed E-state index contributed by atoms with van der Waals surface area (Å²) in [6, 6.07) is 13.0. The largest absolute Gasteiger partial charge is 0.486 e. The maximum absolute atomic E-state index is 12.8. The molecule has 4 aromatic rings. The molecule has 0 unspecified atom stereocenters. The first-order valence-electron chi connectivity index (χ1n) is 9.53.